The predicted octanol–water partition coefficient (Wildman–Crippen LogP) is 4.04. The minimum absolute atomic E-state index is 0.124. The molecule has 2 atom stereocenters. The van der Waals surface area contributed by atoms with Gasteiger partial charge in [0.25, 0.3) is 0 Å². The number of carbonyl (C=O) groups excluding carboxylic acids is 1. The van der Waals surface area contributed by atoms with Gasteiger partial charge < -0.3 is 30.1 Å². The molecule has 0 saturated heterocycles. The summed E-state index contributed by atoms with van der Waals surface area (Å²) >= 11 is 6.35. The number of nitrogens with one attached hydrogen (secondary N) is 2. The first-order valence-corrected chi connectivity index (χ1v) is 14.7. The van der Waals surface area contributed by atoms with E-state index in [-0.39, 0.29) is 11.4 Å². The highest BCUT2D eigenvalue weighted by Crippen LogP contribution is 2.36. The number of unbranched alkanes of at least 4 members (excludes halogenated alkanes) is 1. The number of nitrogens with zero attached hydrogens (tertiary/aromatic N) is 3. The van der Waals surface area contributed by atoms with Gasteiger partial charge in [0.15, 0.2) is 0 Å². The van der Waals surface area contributed by atoms with Gasteiger partial charge in [0.2, 0.25) is 5.91 Å². The van der Waals surface area contributed by atoms with Gasteiger partial charge in [-0.2, -0.15) is 0 Å². The van der Waals surface area contributed by atoms with Crippen molar-refractivity contribution in [3.05, 3.63) is 46.4 Å². The first kappa shape index (κ1) is 33.5. The molecular weight excluding hydrogens is 565 g/mol. The first-order chi connectivity index (χ1) is 20.1. The number of aromatic nitrogens is 2. The van der Waals surface area contributed by atoms with Crippen LogP contribution >= 0.6 is 11.6 Å². The Morgan fingerprint density at radius 1 is 1.24 bits per heavy atom. The van der Waals surface area contributed by atoms with Crippen LogP contribution in [-0.4, -0.2) is 91.1 Å². The SMILES string of the molecule is COc1cncc(Cl)c1C(C)(C)C(=O)N[C@@H](CCN(CCCCc1ccc2c(n1)NCCC2)C[C@@H](CF)OC)C(=O)O. The van der Waals surface area contributed by atoms with Crippen LogP contribution in [0.4, 0.5) is 10.2 Å². The number of amides is 1. The van der Waals surface area contributed by atoms with Gasteiger partial charge in [0, 0.05) is 44.2 Å². The smallest absolute Gasteiger partial charge is 0.326 e. The van der Waals surface area contributed by atoms with Gasteiger partial charge in [-0.15, -0.1) is 0 Å². The molecule has 2 aromatic heterocycles. The number of aliphatic carboxylic acids is 1. The Labute approximate surface area is 252 Å². The van der Waals surface area contributed by atoms with Crippen LogP contribution in [0.5, 0.6) is 5.75 Å². The molecule has 3 rings (SSSR count). The molecule has 0 fully saturated rings. The number of carbonyl (C=O) groups is 2. The maximum atomic E-state index is 13.5. The standard InChI is InChI=1S/C30H43ClFN5O5/c1-30(2,26-23(31)17-33-18-25(26)42-4)29(40)36-24(28(38)39)12-15-37(19-22(16-32)41-3)14-6-5-9-21-11-10-20-8-7-13-34-27(20)35-21/h10-11,17-18,22,24H,5-9,12-16,19H2,1-4H3,(H,34,35)(H,36,40)(H,38,39)/t22-,24+/m1/s1. The highest BCUT2D eigenvalue weighted by atomic mass is 35.5. The highest BCUT2D eigenvalue weighted by Gasteiger charge is 2.37. The van der Waals surface area contributed by atoms with E-state index in [1.54, 1.807) is 13.8 Å². The summed E-state index contributed by atoms with van der Waals surface area (Å²) in [5, 5.41) is 16.2. The second-order valence-electron chi connectivity index (χ2n) is 11.1. The number of aryl methyl sites for hydroxylation is 2. The van der Waals surface area contributed by atoms with Crippen molar-refractivity contribution < 1.29 is 28.6 Å². The third-order valence-corrected chi connectivity index (χ3v) is 7.98. The third-order valence-electron chi connectivity index (χ3n) is 7.69. The third kappa shape index (κ3) is 8.99. The fraction of sp³-hybridized carbons (Fsp3) is 0.600. The Kier molecular flexibility index (Phi) is 12.8. The van der Waals surface area contributed by atoms with E-state index in [0.29, 0.717) is 30.9 Å². The molecule has 0 bridgehead atoms. The number of ether oxygens (including phenoxy) is 2. The van der Waals surface area contributed by atoms with Gasteiger partial charge in [0.1, 0.15) is 24.3 Å². The lowest BCUT2D eigenvalue weighted by molar-refractivity contribution is -0.143. The molecule has 3 heterocycles. The number of anilines is 1. The molecule has 0 saturated carbocycles. The van der Waals surface area contributed by atoms with Crippen molar-refractivity contribution in [2.24, 2.45) is 0 Å². The Bertz CT molecular complexity index is 1200. The zero-order valence-corrected chi connectivity index (χ0v) is 25.7. The highest BCUT2D eigenvalue weighted by molar-refractivity contribution is 6.31. The normalized spacial score (nSPS) is 14.5. The number of hydrogen-bond donors (Lipinski definition) is 3. The molecule has 42 heavy (non-hydrogen) atoms. The van der Waals surface area contributed by atoms with Crippen molar-refractivity contribution in [2.75, 3.05) is 52.4 Å². The first-order valence-electron chi connectivity index (χ1n) is 14.4. The zero-order valence-electron chi connectivity index (χ0n) is 24.9. The summed E-state index contributed by atoms with van der Waals surface area (Å²) in [5.41, 5.74) is 1.49. The van der Waals surface area contributed by atoms with E-state index in [1.807, 2.05) is 4.90 Å². The summed E-state index contributed by atoms with van der Waals surface area (Å²) in [6, 6.07) is 3.05. The topological polar surface area (TPSA) is 126 Å². The summed E-state index contributed by atoms with van der Waals surface area (Å²) < 4.78 is 24.1. The lowest BCUT2D eigenvalue weighted by Crippen LogP contribution is -2.50. The monoisotopic (exact) mass is 607 g/mol. The van der Waals surface area contributed by atoms with Crippen molar-refractivity contribution in [3.63, 3.8) is 0 Å². The minimum Gasteiger partial charge on any atom is -0.495 e. The van der Waals surface area contributed by atoms with Crippen LogP contribution < -0.4 is 15.4 Å². The Balaban J connectivity index is 1.61. The molecule has 1 aliphatic rings. The molecule has 12 heteroatoms. The summed E-state index contributed by atoms with van der Waals surface area (Å²) in [5.74, 6) is -0.369. The molecule has 2 aromatic rings. The number of fused-ring (bicyclic) bond motifs is 1. The Hall–Kier alpha value is -3.02. The summed E-state index contributed by atoms with van der Waals surface area (Å²) in [6.07, 6.45) is 7.02. The number of alkyl halides is 1. The molecule has 1 aliphatic heterocycles. The van der Waals surface area contributed by atoms with E-state index in [0.717, 1.165) is 50.2 Å². The number of carboxylic acids is 1. The molecule has 0 radical (unpaired) electrons. The fourth-order valence-electron chi connectivity index (χ4n) is 5.12. The predicted molar refractivity (Wildman–Crippen MR) is 160 cm³/mol. The van der Waals surface area contributed by atoms with Crippen molar-refractivity contribution in [1.29, 1.82) is 0 Å². The molecule has 1 amide bonds. The van der Waals surface area contributed by atoms with E-state index in [9.17, 15) is 19.1 Å². The number of pyridine rings is 2. The van der Waals surface area contributed by atoms with Gasteiger partial charge in [-0.3, -0.25) is 9.78 Å². The van der Waals surface area contributed by atoms with E-state index < -0.39 is 36.1 Å². The molecule has 0 aliphatic carbocycles. The minimum atomic E-state index is -1.20. The lowest BCUT2D eigenvalue weighted by atomic mass is 9.83. The average molecular weight is 608 g/mol. The van der Waals surface area contributed by atoms with E-state index in [4.69, 9.17) is 26.1 Å². The summed E-state index contributed by atoms with van der Waals surface area (Å²) in [4.78, 5) is 36.3. The van der Waals surface area contributed by atoms with Gasteiger partial charge >= 0.3 is 5.97 Å². The molecule has 10 nitrogen and oxygen atoms in total. The summed E-state index contributed by atoms with van der Waals surface area (Å²) in [7, 11) is 2.91. The van der Waals surface area contributed by atoms with Gasteiger partial charge in [0.05, 0.1) is 29.8 Å². The second kappa shape index (κ2) is 16.0. The average Bonchev–Trinajstić information content (AvgIpc) is 2.98. The lowest BCUT2D eigenvalue weighted by Gasteiger charge is -2.30. The van der Waals surface area contributed by atoms with Crippen LogP contribution in [0.2, 0.25) is 5.02 Å². The quantitative estimate of drug-likeness (QED) is 0.228. The maximum absolute atomic E-state index is 13.5. The van der Waals surface area contributed by atoms with E-state index in [1.165, 1.54) is 32.2 Å². The number of rotatable bonds is 17. The Morgan fingerprint density at radius 2 is 2.02 bits per heavy atom. The molecule has 0 unspecified atom stereocenters. The zero-order chi connectivity index (χ0) is 30.7. The molecular formula is C30H43ClFN5O5. The second-order valence-corrected chi connectivity index (χ2v) is 11.5. The van der Waals surface area contributed by atoms with Gasteiger partial charge in [-0.25, -0.2) is 14.2 Å². The van der Waals surface area contributed by atoms with E-state index in [2.05, 4.69) is 27.8 Å². The number of halogens is 2. The van der Waals surface area contributed by atoms with Crippen LogP contribution in [0.15, 0.2) is 24.5 Å². The Morgan fingerprint density at radius 3 is 2.71 bits per heavy atom. The van der Waals surface area contributed by atoms with Crippen molar-refractivity contribution in [2.45, 2.75) is 69.9 Å². The molecule has 3 N–H and O–H groups in total. The molecule has 0 spiro atoms. The van der Waals surface area contributed by atoms with Gasteiger partial charge in [-0.1, -0.05) is 17.7 Å². The van der Waals surface area contributed by atoms with E-state index >= 15 is 0 Å². The number of methoxy groups -OCH3 is 2. The molecule has 0 aromatic carbocycles. The largest absolute Gasteiger partial charge is 0.495 e. The molecule has 232 valence electrons. The number of carboxylic acid groups (broad SMARTS) is 1. The van der Waals surface area contributed by atoms with Crippen LogP contribution in [0.3, 0.4) is 0 Å². The fourth-order valence-corrected chi connectivity index (χ4v) is 5.50. The maximum Gasteiger partial charge on any atom is 0.326 e. The van der Waals surface area contributed by atoms with Crippen molar-refractivity contribution >= 4 is 29.3 Å². The summed E-state index contributed by atoms with van der Waals surface area (Å²) in [6.45, 7) is 4.85. The van der Waals surface area contributed by atoms with Crippen LogP contribution in [0, 0.1) is 0 Å². The van der Waals surface area contributed by atoms with Gasteiger partial charge in [-0.05, 0) is 70.5 Å². The van der Waals surface area contributed by atoms with Crippen LogP contribution in [0.25, 0.3) is 0 Å². The van der Waals surface area contributed by atoms with Crippen LogP contribution in [0.1, 0.15) is 56.4 Å². The number of hydrogen-bond acceptors (Lipinski definition) is 8. The van der Waals surface area contributed by atoms with Crippen LogP contribution in [-0.2, 0) is 32.6 Å². The van der Waals surface area contributed by atoms with Crippen molar-refractivity contribution in [3.8, 4) is 5.75 Å². The van der Waals surface area contributed by atoms with Crippen molar-refractivity contribution in [1.82, 2.24) is 20.2 Å².